The lowest BCUT2D eigenvalue weighted by atomic mass is 10.1. The summed E-state index contributed by atoms with van der Waals surface area (Å²) in [7, 11) is -4.61. The molecule has 3 atom stereocenters. The Morgan fingerprint density at radius 2 is 1.08 bits per heavy atom. The fourth-order valence-electron chi connectivity index (χ4n) is 5.26. The Hall–Kier alpha value is -1.81. The van der Waals surface area contributed by atoms with Crippen LogP contribution >= 0.6 is 7.82 Å². The standard InChI is InChI=1S/C40H74NO9P/c1-3-5-7-9-11-13-15-16-17-18-19-20-21-22-23-24-26-28-30-32-39(42)50-37(35-48-51(45,46)49-36-38(41)40(43)44)34-47-33-31-29-27-25-14-12-10-8-6-4-2/h11,13,16-17,19-20,37-38H,3-10,12,14-15,18,21-36,41H2,1-2H3,(H,43,44)(H,45,46)/b13-11-,17-16-,20-19-. The average molecular weight is 744 g/mol. The van der Waals surface area contributed by atoms with E-state index in [4.69, 9.17) is 29.4 Å². The number of rotatable bonds is 38. The number of carboxylic acids is 1. The van der Waals surface area contributed by atoms with Crippen LogP contribution in [0.4, 0.5) is 0 Å². The van der Waals surface area contributed by atoms with Crippen LogP contribution in [-0.4, -0.2) is 60.5 Å². The quantitative estimate of drug-likeness (QED) is 0.0241. The molecule has 0 fully saturated rings. The van der Waals surface area contributed by atoms with Crippen molar-refractivity contribution >= 4 is 19.8 Å². The van der Waals surface area contributed by atoms with Gasteiger partial charge in [0.25, 0.3) is 0 Å². The molecule has 0 aromatic rings. The van der Waals surface area contributed by atoms with Gasteiger partial charge in [0, 0.05) is 13.0 Å². The molecule has 11 heteroatoms. The van der Waals surface area contributed by atoms with Gasteiger partial charge in [-0.25, -0.2) is 4.57 Å². The zero-order valence-corrected chi connectivity index (χ0v) is 33.1. The molecular formula is C40H74NO9P. The highest BCUT2D eigenvalue weighted by Crippen LogP contribution is 2.43. The van der Waals surface area contributed by atoms with E-state index in [-0.39, 0.29) is 13.0 Å². The molecule has 0 amide bonds. The number of nitrogens with two attached hydrogens (primary N) is 1. The molecule has 0 aliphatic carbocycles. The minimum Gasteiger partial charge on any atom is -0.480 e. The third-order valence-corrected chi connectivity index (χ3v) is 9.37. The summed E-state index contributed by atoms with van der Waals surface area (Å²) in [6.07, 6.45) is 39.1. The van der Waals surface area contributed by atoms with Crippen LogP contribution in [0.15, 0.2) is 36.5 Å². The van der Waals surface area contributed by atoms with Gasteiger partial charge in [0.05, 0.1) is 19.8 Å². The van der Waals surface area contributed by atoms with Crippen molar-refractivity contribution in [2.24, 2.45) is 5.73 Å². The first-order valence-electron chi connectivity index (χ1n) is 20.0. The van der Waals surface area contributed by atoms with Crippen molar-refractivity contribution in [3.8, 4) is 0 Å². The average Bonchev–Trinajstić information content (AvgIpc) is 3.10. The normalized spacial score (nSPS) is 14.4. The summed E-state index contributed by atoms with van der Waals surface area (Å²) in [6.45, 7) is 3.82. The number of allylic oxidation sites excluding steroid dienone is 6. The van der Waals surface area contributed by atoms with E-state index in [1.165, 1.54) is 70.6 Å². The number of hydrogen-bond donors (Lipinski definition) is 3. The van der Waals surface area contributed by atoms with E-state index in [0.717, 1.165) is 70.6 Å². The fraction of sp³-hybridized carbons (Fsp3) is 0.800. The monoisotopic (exact) mass is 744 g/mol. The molecule has 0 aromatic carbocycles. The molecule has 0 rings (SSSR count). The number of carbonyl (C=O) groups excluding carboxylic acids is 1. The van der Waals surface area contributed by atoms with Gasteiger partial charge in [-0.05, 0) is 51.4 Å². The molecular weight excluding hydrogens is 669 g/mol. The van der Waals surface area contributed by atoms with Gasteiger partial charge < -0.3 is 25.2 Å². The van der Waals surface area contributed by atoms with Gasteiger partial charge in [0.15, 0.2) is 0 Å². The van der Waals surface area contributed by atoms with E-state index in [1.807, 2.05) is 0 Å². The number of unbranched alkanes of at least 4 members (excludes halogenated alkanes) is 18. The minimum atomic E-state index is -4.61. The number of ether oxygens (including phenoxy) is 2. The first-order chi connectivity index (χ1) is 24.7. The molecule has 298 valence electrons. The van der Waals surface area contributed by atoms with Gasteiger partial charge in [-0.3, -0.25) is 18.6 Å². The van der Waals surface area contributed by atoms with Crippen LogP contribution in [0.5, 0.6) is 0 Å². The Morgan fingerprint density at radius 1 is 0.627 bits per heavy atom. The molecule has 0 heterocycles. The van der Waals surface area contributed by atoms with Crippen LogP contribution in [0, 0.1) is 0 Å². The van der Waals surface area contributed by atoms with Crippen LogP contribution in [0.25, 0.3) is 0 Å². The zero-order chi connectivity index (χ0) is 37.7. The Labute approximate surface area is 310 Å². The SMILES string of the molecule is CCCCC/C=C\C/C=C\C/C=C\CCCCCCCCC(=O)OC(COCCCCCCCCCCCC)COP(=O)(O)OCC(N)C(=O)O. The fourth-order valence-corrected chi connectivity index (χ4v) is 6.03. The highest BCUT2D eigenvalue weighted by Gasteiger charge is 2.27. The smallest absolute Gasteiger partial charge is 0.472 e. The summed E-state index contributed by atoms with van der Waals surface area (Å²) in [6, 6.07) is -1.47. The maximum Gasteiger partial charge on any atom is 0.472 e. The summed E-state index contributed by atoms with van der Waals surface area (Å²) in [5.74, 6) is -1.79. The number of phosphoric acid groups is 1. The van der Waals surface area contributed by atoms with Crippen LogP contribution in [0.1, 0.15) is 168 Å². The molecule has 0 aliphatic heterocycles. The predicted molar refractivity (Wildman–Crippen MR) is 208 cm³/mol. The Bertz CT molecular complexity index is 956. The lowest BCUT2D eigenvalue weighted by Crippen LogP contribution is -2.34. The van der Waals surface area contributed by atoms with Crippen LogP contribution in [0.2, 0.25) is 0 Å². The van der Waals surface area contributed by atoms with E-state index in [9.17, 15) is 19.0 Å². The van der Waals surface area contributed by atoms with Crippen molar-refractivity contribution in [2.45, 2.75) is 180 Å². The Kier molecular flexibility index (Phi) is 35.2. The van der Waals surface area contributed by atoms with Gasteiger partial charge in [-0.1, -0.05) is 147 Å². The number of hydrogen-bond acceptors (Lipinski definition) is 8. The molecule has 51 heavy (non-hydrogen) atoms. The topological polar surface area (TPSA) is 155 Å². The molecule has 3 unspecified atom stereocenters. The van der Waals surface area contributed by atoms with E-state index in [2.05, 4.69) is 50.3 Å². The van der Waals surface area contributed by atoms with Crippen molar-refractivity contribution in [3.05, 3.63) is 36.5 Å². The number of carbonyl (C=O) groups is 2. The van der Waals surface area contributed by atoms with E-state index in [0.29, 0.717) is 13.0 Å². The summed E-state index contributed by atoms with van der Waals surface area (Å²) < 4.78 is 33.2. The van der Waals surface area contributed by atoms with E-state index < -0.39 is 45.1 Å². The van der Waals surface area contributed by atoms with Crippen LogP contribution in [0.3, 0.4) is 0 Å². The second kappa shape index (κ2) is 36.5. The molecule has 0 saturated carbocycles. The van der Waals surface area contributed by atoms with Crippen molar-refractivity contribution < 1.29 is 42.7 Å². The van der Waals surface area contributed by atoms with Crippen LogP contribution < -0.4 is 5.73 Å². The minimum absolute atomic E-state index is 0.0130. The summed E-state index contributed by atoms with van der Waals surface area (Å²) in [5.41, 5.74) is 5.34. The highest BCUT2D eigenvalue weighted by atomic mass is 31.2. The lowest BCUT2D eigenvalue weighted by Gasteiger charge is -2.20. The third kappa shape index (κ3) is 36.3. The molecule has 0 spiro atoms. The summed E-state index contributed by atoms with van der Waals surface area (Å²) in [5, 5.41) is 8.86. The van der Waals surface area contributed by atoms with Gasteiger partial charge in [-0.15, -0.1) is 0 Å². The Balaban J connectivity index is 4.27. The van der Waals surface area contributed by atoms with E-state index >= 15 is 0 Å². The molecule has 0 aliphatic rings. The molecule has 0 bridgehead atoms. The van der Waals surface area contributed by atoms with Gasteiger partial charge in [0.1, 0.15) is 12.1 Å². The van der Waals surface area contributed by atoms with Crippen molar-refractivity contribution in [1.82, 2.24) is 0 Å². The largest absolute Gasteiger partial charge is 0.480 e. The second-order valence-electron chi connectivity index (χ2n) is 13.4. The first kappa shape index (κ1) is 49.2. The number of esters is 1. The zero-order valence-electron chi connectivity index (χ0n) is 32.2. The molecule has 0 saturated heterocycles. The van der Waals surface area contributed by atoms with Crippen LogP contribution in [-0.2, 0) is 32.7 Å². The first-order valence-corrected chi connectivity index (χ1v) is 21.5. The number of carboxylic acid groups (broad SMARTS) is 1. The maximum absolute atomic E-state index is 12.6. The van der Waals surface area contributed by atoms with Crippen molar-refractivity contribution in [3.63, 3.8) is 0 Å². The molecule has 0 aromatic heterocycles. The lowest BCUT2D eigenvalue weighted by molar-refractivity contribution is -0.154. The summed E-state index contributed by atoms with van der Waals surface area (Å²) in [4.78, 5) is 33.4. The third-order valence-electron chi connectivity index (χ3n) is 8.42. The number of phosphoric ester groups is 1. The van der Waals surface area contributed by atoms with Gasteiger partial charge in [0.2, 0.25) is 0 Å². The Morgan fingerprint density at radius 3 is 1.65 bits per heavy atom. The predicted octanol–water partition coefficient (Wildman–Crippen LogP) is 10.5. The highest BCUT2D eigenvalue weighted by molar-refractivity contribution is 7.47. The van der Waals surface area contributed by atoms with Gasteiger partial charge >= 0.3 is 19.8 Å². The molecule has 0 radical (unpaired) electrons. The molecule has 4 N–H and O–H groups in total. The number of aliphatic carboxylic acids is 1. The summed E-state index contributed by atoms with van der Waals surface area (Å²) >= 11 is 0. The van der Waals surface area contributed by atoms with Crippen molar-refractivity contribution in [1.29, 1.82) is 0 Å². The van der Waals surface area contributed by atoms with E-state index in [1.54, 1.807) is 0 Å². The van der Waals surface area contributed by atoms with Crippen molar-refractivity contribution in [2.75, 3.05) is 26.4 Å². The van der Waals surface area contributed by atoms with Gasteiger partial charge in [-0.2, -0.15) is 0 Å². The maximum atomic E-state index is 12.6. The second-order valence-corrected chi connectivity index (χ2v) is 14.9. The molecule has 10 nitrogen and oxygen atoms in total.